The van der Waals surface area contributed by atoms with Crippen LogP contribution in [0.5, 0.6) is 0 Å². The van der Waals surface area contributed by atoms with E-state index in [1.165, 1.54) is 6.07 Å². The van der Waals surface area contributed by atoms with Crippen LogP contribution in [0.4, 0.5) is 4.39 Å². The van der Waals surface area contributed by atoms with E-state index in [9.17, 15) is 4.39 Å². The molecule has 0 heterocycles. The lowest BCUT2D eigenvalue weighted by molar-refractivity contribution is 0.475. The van der Waals surface area contributed by atoms with Gasteiger partial charge in [-0.2, -0.15) is 11.8 Å². The molecule has 106 valence electrons. The first kappa shape index (κ1) is 15.8. The van der Waals surface area contributed by atoms with Crippen LogP contribution in [0.1, 0.15) is 12.0 Å². The normalized spacial score (nSPS) is 11.5. The van der Waals surface area contributed by atoms with Gasteiger partial charge in [-0.3, -0.25) is 4.99 Å². The first-order chi connectivity index (χ1) is 9.17. The predicted molar refractivity (Wildman–Crippen MR) is 82.2 cm³/mol. The molecular weight excluding hydrogens is 261 g/mol. The van der Waals surface area contributed by atoms with Gasteiger partial charge in [0, 0.05) is 27.2 Å². The molecule has 0 aliphatic carbocycles. The zero-order chi connectivity index (χ0) is 14.1. The zero-order valence-electron chi connectivity index (χ0n) is 11.8. The monoisotopic (exact) mass is 283 g/mol. The Bertz CT molecular complexity index is 409. The molecule has 0 amide bonds. The van der Waals surface area contributed by atoms with Crippen molar-refractivity contribution in [2.45, 2.75) is 13.0 Å². The maximum Gasteiger partial charge on any atom is 0.193 e. The number of hydrogen-bond acceptors (Lipinski definition) is 2. The van der Waals surface area contributed by atoms with Gasteiger partial charge in [-0.25, -0.2) is 4.39 Å². The fraction of sp³-hybridized carbons (Fsp3) is 0.500. The first-order valence-electron chi connectivity index (χ1n) is 6.32. The van der Waals surface area contributed by atoms with Crippen LogP contribution < -0.4 is 5.32 Å². The van der Waals surface area contributed by atoms with Crippen LogP contribution in [-0.2, 0) is 6.54 Å². The van der Waals surface area contributed by atoms with Crippen LogP contribution in [0.3, 0.4) is 0 Å². The molecule has 0 bridgehead atoms. The second-order valence-corrected chi connectivity index (χ2v) is 5.29. The summed E-state index contributed by atoms with van der Waals surface area (Å²) < 4.78 is 13.1. The molecular formula is C14H22FN3S. The van der Waals surface area contributed by atoms with Crippen LogP contribution in [0.25, 0.3) is 0 Å². The van der Waals surface area contributed by atoms with Crippen molar-refractivity contribution >= 4 is 17.7 Å². The summed E-state index contributed by atoms with van der Waals surface area (Å²) in [5, 5.41) is 3.31. The van der Waals surface area contributed by atoms with Gasteiger partial charge in [0.15, 0.2) is 5.96 Å². The third-order valence-electron chi connectivity index (χ3n) is 2.69. The van der Waals surface area contributed by atoms with Crippen LogP contribution >= 0.6 is 11.8 Å². The van der Waals surface area contributed by atoms with Crippen molar-refractivity contribution in [3.8, 4) is 0 Å². The fourth-order valence-corrected chi connectivity index (χ4v) is 2.22. The van der Waals surface area contributed by atoms with E-state index in [1.807, 2.05) is 29.8 Å². The molecule has 0 saturated heterocycles. The summed E-state index contributed by atoms with van der Waals surface area (Å²) in [6.45, 7) is 1.54. The van der Waals surface area contributed by atoms with Crippen molar-refractivity contribution in [2.75, 3.05) is 32.6 Å². The minimum Gasteiger partial charge on any atom is -0.356 e. The Kier molecular flexibility index (Phi) is 7.33. The Morgan fingerprint density at radius 2 is 2.26 bits per heavy atom. The minimum absolute atomic E-state index is 0.200. The van der Waals surface area contributed by atoms with Crippen molar-refractivity contribution in [1.82, 2.24) is 10.2 Å². The van der Waals surface area contributed by atoms with E-state index >= 15 is 0 Å². The third kappa shape index (κ3) is 5.96. The van der Waals surface area contributed by atoms with E-state index in [2.05, 4.69) is 16.6 Å². The molecule has 1 N–H and O–H groups in total. The maximum atomic E-state index is 13.1. The number of halogens is 1. The molecule has 0 saturated carbocycles. The Hall–Kier alpha value is -1.23. The molecule has 1 rings (SSSR count). The van der Waals surface area contributed by atoms with E-state index in [1.54, 1.807) is 19.2 Å². The van der Waals surface area contributed by atoms with E-state index < -0.39 is 0 Å². The number of nitrogens with zero attached hydrogens (tertiary/aromatic N) is 2. The van der Waals surface area contributed by atoms with Crippen molar-refractivity contribution in [2.24, 2.45) is 4.99 Å². The largest absolute Gasteiger partial charge is 0.356 e. The molecule has 3 nitrogen and oxygen atoms in total. The summed E-state index contributed by atoms with van der Waals surface area (Å²) in [7, 11) is 3.72. The van der Waals surface area contributed by atoms with Gasteiger partial charge >= 0.3 is 0 Å². The second kappa shape index (κ2) is 8.80. The summed E-state index contributed by atoms with van der Waals surface area (Å²) in [5.41, 5.74) is 0.939. The number of benzene rings is 1. The number of aliphatic imine (C=N–C) groups is 1. The van der Waals surface area contributed by atoms with Crippen LogP contribution in [0, 0.1) is 5.82 Å². The van der Waals surface area contributed by atoms with Gasteiger partial charge in [-0.1, -0.05) is 12.1 Å². The molecule has 5 heteroatoms. The summed E-state index contributed by atoms with van der Waals surface area (Å²) in [5.74, 6) is 1.77. The minimum atomic E-state index is -0.200. The first-order valence-corrected chi connectivity index (χ1v) is 7.72. The molecule has 0 atom stereocenters. The smallest absolute Gasteiger partial charge is 0.193 e. The molecule has 0 fully saturated rings. The molecule has 1 aromatic carbocycles. The van der Waals surface area contributed by atoms with Gasteiger partial charge < -0.3 is 10.2 Å². The van der Waals surface area contributed by atoms with Crippen molar-refractivity contribution in [3.05, 3.63) is 35.6 Å². The van der Waals surface area contributed by atoms with Crippen molar-refractivity contribution in [3.63, 3.8) is 0 Å². The number of thioether (sulfide) groups is 1. The topological polar surface area (TPSA) is 27.6 Å². The molecule has 1 aromatic rings. The van der Waals surface area contributed by atoms with Crippen molar-refractivity contribution in [1.29, 1.82) is 0 Å². The van der Waals surface area contributed by atoms with E-state index in [0.717, 1.165) is 30.2 Å². The molecule has 0 spiro atoms. The summed E-state index contributed by atoms with van der Waals surface area (Å²) in [4.78, 5) is 6.23. The fourth-order valence-electron chi connectivity index (χ4n) is 1.79. The number of rotatable bonds is 6. The Balaban J connectivity index is 2.47. The lowest BCUT2D eigenvalue weighted by atomic mass is 10.2. The zero-order valence-corrected chi connectivity index (χ0v) is 12.6. The van der Waals surface area contributed by atoms with Gasteiger partial charge in [0.05, 0.1) is 0 Å². The quantitative estimate of drug-likeness (QED) is 0.494. The average molecular weight is 283 g/mol. The van der Waals surface area contributed by atoms with Crippen LogP contribution in [-0.4, -0.2) is 43.5 Å². The van der Waals surface area contributed by atoms with E-state index in [-0.39, 0.29) is 5.82 Å². The lowest BCUT2D eigenvalue weighted by Gasteiger charge is -2.22. The van der Waals surface area contributed by atoms with Crippen molar-refractivity contribution < 1.29 is 4.39 Å². The van der Waals surface area contributed by atoms with Gasteiger partial charge in [0.2, 0.25) is 0 Å². The highest BCUT2D eigenvalue weighted by Gasteiger charge is 2.06. The highest BCUT2D eigenvalue weighted by molar-refractivity contribution is 7.98. The van der Waals surface area contributed by atoms with Gasteiger partial charge in [0.1, 0.15) is 5.82 Å². The molecule has 19 heavy (non-hydrogen) atoms. The molecule has 0 unspecified atom stereocenters. The lowest BCUT2D eigenvalue weighted by Crippen LogP contribution is -2.39. The highest BCUT2D eigenvalue weighted by Crippen LogP contribution is 2.06. The number of nitrogens with one attached hydrogen (secondary N) is 1. The maximum absolute atomic E-state index is 13.1. The Morgan fingerprint density at radius 1 is 1.47 bits per heavy atom. The third-order valence-corrected chi connectivity index (χ3v) is 3.39. The second-order valence-electron chi connectivity index (χ2n) is 4.31. The average Bonchev–Trinajstić information content (AvgIpc) is 2.38. The highest BCUT2D eigenvalue weighted by atomic mass is 32.2. The van der Waals surface area contributed by atoms with Gasteiger partial charge in [0.25, 0.3) is 0 Å². The van der Waals surface area contributed by atoms with Crippen LogP contribution in [0.15, 0.2) is 29.3 Å². The predicted octanol–water partition coefficient (Wildman–Crippen LogP) is 2.59. The number of hydrogen-bond donors (Lipinski definition) is 1. The van der Waals surface area contributed by atoms with E-state index in [0.29, 0.717) is 6.54 Å². The molecule has 0 aliphatic heterocycles. The molecule has 0 aliphatic rings. The van der Waals surface area contributed by atoms with E-state index in [4.69, 9.17) is 0 Å². The summed E-state index contributed by atoms with van der Waals surface area (Å²) in [6, 6.07) is 6.66. The summed E-state index contributed by atoms with van der Waals surface area (Å²) in [6.07, 6.45) is 3.21. The van der Waals surface area contributed by atoms with Gasteiger partial charge in [-0.15, -0.1) is 0 Å². The summed E-state index contributed by atoms with van der Waals surface area (Å²) >= 11 is 1.84. The Morgan fingerprint density at radius 3 is 2.89 bits per heavy atom. The Labute approximate surface area is 119 Å². The van der Waals surface area contributed by atoms with Crippen LogP contribution in [0.2, 0.25) is 0 Å². The SMILES string of the molecule is CN=C(NCCCSC)N(C)Cc1cccc(F)c1. The molecule has 0 aromatic heterocycles. The number of guanidine groups is 1. The standard InChI is InChI=1S/C14H22FN3S/c1-16-14(17-8-5-9-19-3)18(2)11-12-6-4-7-13(15)10-12/h4,6-7,10H,5,8-9,11H2,1-3H3,(H,16,17). The van der Waals surface area contributed by atoms with Gasteiger partial charge in [-0.05, 0) is 36.1 Å². The molecule has 0 radical (unpaired) electrons.